The van der Waals surface area contributed by atoms with Crippen molar-refractivity contribution in [2.24, 2.45) is 10.9 Å². The van der Waals surface area contributed by atoms with E-state index in [2.05, 4.69) is 15.3 Å². The number of halogens is 3. The number of nitrogens with zero attached hydrogens (tertiary/aromatic N) is 3. The number of carbonyl (C=O) groups is 1. The Bertz CT molecular complexity index is 1190. The number of likely N-dealkylation sites (tertiary alicyclic amines) is 1. The summed E-state index contributed by atoms with van der Waals surface area (Å²) < 4.78 is 29.6. The van der Waals surface area contributed by atoms with Crippen molar-refractivity contribution in [3.63, 3.8) is 0 Å². The van der Waals surface area contributed by atoms with Crippen LogP contribution in [-0.2, 0) is 0 Å². The quantitative estimate of drug-likeness (QED) is 0.376. The summed E-state index contributed by atoms with van der Waals surface area (Å²) in [5.41, 5.74) is 3.25. The number of aliphatic imine (C=N–C) groups is 1. The van der Waals surface area contributed by atoms with Gasteiger partial charge in [0.25, 0.3) is 11.8 Å². The van der Waals surface area contributed by atoms with Gasteiger partial charge in [-0.2, -0.15) is 0 Å². The van der Waals surface area contributed by atoms with Gasteiger partial charge in [0.2, 0.25) is 0 Å². The number of hydrogen-bond acceptors (Lipinski definition) is 4. The largest absolute Gasteiger partial charge is 0.368 e. The molecule has 0 spiro atoms. The second kappa shape index (κ2) is 12.5. The van der Waals surface area contributed by atoms with Crippen molar-refractivity contribution >= 4 is 23.7 Å². The Kier molecular flexibility index (Phi) is 9.60. The van der Waals surface area contributed by atoms with Crippen LogP contribution in [0, 0.1) is 12.8 Å². The molecular formula is C29H35ClF2N4O. The molecular weight excluding hydrogens is 494 g/mol. The van der Waals surface area contributed by atoms with Crippen molar-refractivity contribution in [1.29, 1.82) is 0 Å². The lowest BCUT2D eigenvalue weighted by Gasteiger charge is -2.43. The number of hydrogen-bond donors (Lipinski definition) is 1. The van der Waals surface area contributed by atoms with E-state index in [4.69, 9.17) is 11.6 Å². The molecule has 0 aliphatic carbocycles. The van der Waals surface area contributed by atoms with Crippen molar-refractivity contribution in [2.75, 3.05) is 13.1 Å². The predicted molar refractivity (Wildman–Crippen MR) is 147 cm³/mol. The molecule has 198 valence electrons. The zero-order chi connectivity index (χ0) is 27.2. The fourth-order valence-corrected chi connectivity index (χ4v) is 4.51. The molecule has 1 aromatic carbocycles. The van der Waals surface area contributed by atoms with E-state index in [0.717, 1.165) is 17.6 Å². The Labute approximate surface area is 223 Å². The van der Waals surface area contributed by atoms with Crippen LogP contribution in [-0.4, -0.2) is 47.1 Å². The summed E-state index contributed by atoms with van der Waals surface area (Å²) in [5, 5.41) is 3.80. The molecule has 8 heteroatoms. The number of alkyl halides is 2. The number of aryl methyl sites for hydroxylation is 1. The third-order valence-corrected chi connectivity index (χ3v) is 6.98. The molecule has 0 radical (unpaired) electrons. The van der Waals surface area contributed by atoms with Crippen molar-refractivity contribution in [2.45, 2.75) is 59.4 Å². The molecule has 1 saturated heterocycles. The first-order valence-electron chi connectivity index (χ1n) is 12.6. The minimum Gasteiger partial charge on any atom is -0.368 e. The number of allylic oxidation sites excluding steroid dienone is 3. The summed E-state index contributed by atoms with van der Waals surface area (Å²) in [4.78, 5) is 24.2. The lowest BCUT2D eigenvalue weighted by molar-refractivity contribution is -0.0913. The highest BCUT2D eigenvalue weighted by Crippen LogP contribution is 2.36. The molecule has 1 N–H and O–H groups in total. The first kappa shape index (κ1) is 28.5. The third kappa shape index (κ3) is 7.25. The predicted octanol–water partition coefficient (Wildman–Crippen LogP) is 6.99. The van der Waals surface area contributed by atoms with Gasteiger partial charge in [-0.3, -0.25) is 4.79 Å². The molecule has 0 saturated carbocycles. The number of carbonyl (C=O) groups excluding carboxylic acids is 1. The van der Waals surface area contributed by atoms with Gasteiger partial charge in [-0.1, -0.05) is 67.9 Å². The highest BCUT2D eigenvalue weighted by Gasteiger charge is 2.46. The van der Waals surface area contributed by atoms with Gasteiger partial charge in [-0.25, -0.2) is 18.8 Å². The Balaban J connectivity index is 1.97. The monoisotopic (exact) mass is 528 g/mol. The molecule has 1 unspecified atom stereocenters. The summed E-state index contributed by atoms with van der Waals surface area (Å²) >= 11 is 6.09. The maximum atomic E-state index is 14.8. The number of rotatable bonds is 8. The van der Waals surface area contributed by atoms with E-state index in [-0.39, 0.29) is 18.7 Å². The SMILES string of the molecule is C\C=C(Cl)/C=N\C(NCC1[C@H](C)CC(F)(F)CN1C(=O)c1nc(C)ccc1-c1ccccc1)=C(\C)CC. The van der Waals surface area contributed by atoms with Crippen LogP contribution >= 0.6 is 11.6 Å². The zero-order valence-corrected chi connectivity index (χ0v) is 22.8. The highest BCUT2D eigenvalue weighted by molar-refractivity contribution is 6.39. The summed E-state index contributed by atoms with van der Waals surface area (Å²) in [6.45, 7) is 8.94. The lowest BCUT2D eigenvalue weighted by Crippen LogP contribution is -2.58. The summed E-state index contributed by atoms with van der Waals surface area (Å²) in [6, 6.07) is 12.6. The van der Waals surface area contributed by atoms with E-state index in [1.807, 2.05) is 63.2 Å². The van der Waals surface area contributed by atoms with Crippen LogP contribution in [0.2, 0.25) is 0 Å². The van der Waals surface area contributed by atoms with E-state index in [9.17, 15) is 13.6 Å². The van der Waals surface area contributed by atoms with E-state index in [1.165, 1.54) is 4.90 Å². The summed E-state index contributed by atoms with van der Waals surface area (Å²) in [6.07, 6.45) is 3.74. The minimum absolute atomic E-state index is 0.180. The van der Waals surface area contributed by atoms with E-state index >= 15 is 0 Å². The number of nitrogens with one attached hydrogen (secondary N) is 1. The van der Waals surface area contributed by atoms with Gasteiger partial charge in [0, 0.05) is 30.4 Å². The Morgan fingerprint density at radius 1 is 1.27 bits per heavy atom. The van der Waals surface area contributed by atoms with Crippen LogP contribution in [0.4, 0.5) is 8.78 Å². The summed E-state index contributed by atoms with van der Waals surface area (Å²) in [7, 11) is 0. The molecule has 37 heavy (non-hydrogen) atoms. The van der Waals surface area contributed by atoms with E-state index in [1.54, 1.807) is 26.1 Å². The van der Waals surface area contributed by atoms with Crippen molar-refractivity contribution in [3.05, 3.63) is 76.4 Å². The van der Waals surface area contributed by atoms with Crippen LogP contribution < -0.4 is 5.32 Å². The normalized spacial score (nSPS) is 20.6. The maximum Gasteiger partial charge on any atom is 0.273 e. The van der Waals surface area contributed by atoms with Crippen molar-refractivity contribution in [3.8, 4) is 11.1 Å². The topological polar surface area (TPSA) is 57.6 Å². The molecule has 2 atom stereocenters. The van der Waals surface area contributed by atoms with Gasteiger partial charge in [0.05, 0.1) is 17.6 Å². The standard InChI is InChI=1S/C29H35ClF2N4O/c1-6-19(3)27(33-16-23(30)7-2)34-17-25-20(4)15-29(31,32)18-36(25)28(37)26-24(14-13-21(5)35-26)22-11-9-8-10-12-22/h7-14,16,20,25,34H,6,15,17-18H2,1-5H3/b23-7+,27-19+,33-16-/t20-,25?/m1/s1. The van der Waals surface area contributed by atoms with Gasteiger partial charge in [0.15, 0.2) is 0 Å². The average Bonchev–Trinajstić information content (AvgIpc) is 2.88. The van der Waals surface area contributed by atoms with E-state index in [0.29, 0.717) is 22.1 Å². The van der Waals surface area contributed by atoms with Crippen molar-refractivity contribution < 1.29 is 13.6 Å². The fourth-order valence-electron chi connectivity index (χ4n) is 4.46. The number of amides is 1. The highest BCUT2D eigenvalue weighted by atomic mass is 35.5. The van der Waals surface area contributed by atoms with Crippen LogP contribution in [0.5, 0.6) is 0 Å². The van der Waals surface area contributed by atoms with Gasteiger partial charge < -0.3 is 10.2 Å². The summed E-state index contributed by atoms with van der Waals surface area (Å²) in [5.74, 6) is -3.31. The fraction of sp³-hybridized carbons (Fsp3) is 0.414. The Morgan fingerprint density at radius 2 is 1.97 bits per heavy atom. The molecule has 2 aromatic rings. The van der Waals surface area contributed by atoms with Crippen LogP contribution in [0.25, 0.3) is 11.1 Å². The van der Waals surface area contributed by atoms with Crippen LogP contribution in [0.1, 0.15) is 56.7 Å². The second-order valence-electron chi connectivity index (χ2n) is 9.55. The number of piperidine rings is 1. The van der Waals surface area contributed by atoms with Gasteiger partial charge in [-0.05, 0) is 50.3 Å². The van der Waals surface area contributed by atoms with Crippen LogP contribution in [0.3, 0.4) is 0 Å². The molecule has 2 heterocycles. The first-order chi connectivity index (χ1) is 17.6. The molecule has 1 aliphatic heterocycles. The van der Waals surface area contributed by atoms with Crippen molar-refractivity contribution in [1.82, 2.24) is 15.2 Å². The van der Waals surface area contributed by atoms with Crippen LogP contribution in [0.15, 0.2) is 70.0 Å². The number of aromatic nitrogens is 1. The second-order valence-corrected chi connectivity index (χ2v) is 9.98. The average molecular weight is 529 g/mol. The zero-order valence-electron chi connectivity index (χ0n) is 22.1. The van der Waals surface area contributed by atoms with E-state index < -0.39 is 30.3 Å². The maximum absolute atomic E-state index is 14.8. The smallest absolute Gasteiger partial charge is 0.273 e. The van der Waals surface area contributed by atoms with Gasteiger partial charge in [0.1, 0.15) is 11.5 Å². The molecule has 1 amide bonds. The molecule has 0 bridgehead atoms. The Hall–Kier alpha value is -3.06. The number of benzene rings is 1. The minimum atomic E-state index is -2.99. The molecule has 5 nitrogen and oxygen atoms in total. The lowest BCUT2D eigenvalue weighted by atomic mass is 9.87. The van der Waals surface area contributed by atoms with Gasteiger partial charge >= 0.3 is 0 Å². The number of pyridine rings is 1. The molecule has 1 aliphatic rings. The molecule has 3 rings (SSSR count). The Morgan fingerprint density at radius 3 is 2.62 bits per heavy atom. The first-order valence-corrected chi connectivity index (χ1v) is 13.0. The molecule has 1 fully saturated rings. The van der Waals surface area contributed by atoms with Gasteiger partial charge in [-0.15, -0.1) is 0 Å². The molecule has 1 aromatic heterocycles. The third-order valence-electron chi connectivity index (χ3n) is 6.67.